The summed E-state index contributed by atoms with van der Waals surface area (Å²) in [5.74, 6) is 1.16. The van der Waals surface area contributed by atoms with E-state index in [9.17, 15) is 9.90 Å². The number of aliphatic hydroxyl groups excluding tert-OH is 1. The van der Waals surface area contributed by atoms with Gasteiger partial charge in [0.25, 0.3) is 0 Å². The number of anilines is 1. The Morgan fingerprint density at radius 3 is 2.79 bits per heavy atom. The van der Waals surface area contributed by atoms with Crippen LogP contribution in [0.15, 0.2) is 6.33 Å². The van der Waals surface area contributed by atoms with Gasteiger partial charge in [0.05, 0.1) is 18.4 Å². The fourth-order valence-electron chi connectivity index (χ4n) is 3.45. The standard InChI is InChI=1S/C17H26N4O3/c1-3-4-9-24-17(23)21-7-5-20(6-8-21)16-14-12(2)10-13(22)15(14)18-11-19-16/h11-13,22H,3-10H2,1-2H3. The molecule has 24 heavy (non-hydrogen) atoms. The van der Waals surface area contributed by atoms with Crippen molar-refractivity contribution in [3.8, 4) is 0 Å². The molecule has 0 radical (unpaired) electrons. The lowest BCUT2D eigenvalue weighted by molar-refractivity contribution is 0.0989. The smallest absolute Gasteiger partial charge is 0.409 e. The lowest BCUT2D eigenvalue weighted by Crippen LogP contribution is -2.49. The number of carbonyl (C=O) groups excluding carboxylic acids is 1. The third-order valence-corrected chi connectivity index (χ3v) is 4.84. The van der Waals surface area contributed by atoms with Gasteiger partial charge in [-0.05, 0) is 18.8 Å². The molecule has 0 bridgehead atoms. The van der Waals surface area contributed by atoms with E-state index in [1.54, 1.807) is 4.90 Å². The highest BCUT2D eigenvalue weighted by molar-refractivity contribution is 5.68. The zero-order valence-electron chi connectivity index (χ0n) is 14.4. The number of aliphatic hydroxyl groups is 1. The van der Waals surface area contributed by atoms with E-state index in [4.69, 9.17) is 4.74 Å². The van der Waals surface area contributed by atoms with Crippen molar-refractivity contribution in [2.24, 2.45) is 0 Å². The number of hydrogen-bond donors (Lipinski definition) is 1. The van der Waals surface area contributed by atoms with Crippen molar-refractivity contribution in [3.05, 3.63) is 17.6 Å². The summed E-state index contributed by atoms with van der Waals surface area (Å²) in [6.07, 6.45) is 3.43. The van der Waals surface area contributed by atoms with Gasteiger partial charge in [0.2, 0.25) is 0 Å². The molecule has 0 aromatic carbocycles. The van der Waals surface area contributed by atoms with Crippen molar-refractivity contribution in [2.75, 3.05) is 37.7 Å². The van der Waals surface area contributed by atoms with E-state index < -0.39 is 6.10 Å². The highest BCUT2D eigenvalue weighted by Crippen LogP contribution is 2.42. The van der Waals surface area contributed by atoms with E-state index in [1.807, 2.05) is 0 Å². The molecule has 7 nitrogen and oxygen atoms in total. The van der Waals surface area contributed by atoms with Crippen LogP contribution in [0.1, 0.15) is 56.4 Å². The Morgan fingerprint density at radius 1 is 1.33 bits per heavy atom. The van der Waals surface area contributed by atoms with Crippen molar-refractivity contribution in [1.29, 1.82) is 0 Å². The van der Waals surface area contributed by atoms with Gasteiger partial charge in [0.15, 0.2) is 0 Å². The number of carbonyl (C=O) groups is 1. The number of nitrogens with zero attached hydrogens (tertiary/aromatic N) is 4. The molecule has 1 aromatic rings. The van der Waals surface area contributed by atoms with Gasteiger partial charge in [0, 0.05) is 31.7 Å². The van der Waals surface area contributed by atoms with Gasteiger partial charge >= 0.3 is 6.09 Å². The predicted octanol–water partition coefficient (Wildman–Crippen LogP) is 2.08. The van der Waals surface area contributed by atoms with Crippen LogP contribution >= 0.6 is 0 Å². The van der Waals surface area contributed by atoms with Crippen molar-refractivity contribution in [3.63, 3.8) is 0 Å². The van der Waals surface area contributed by atoms with E-state index in [-0.39, 0.29) is 12.0 Å². The highest BCUT2D eigenvalue weighted by atomic mass is 16.6. The fourth-order valence-corrected chi connectivity index (χ4v) is 3.45. The number of rotatable bonds is 4. The highest BCUT2D eigenvalue weighted by Gasteiger charge is 2.34. The molecular formula is C17H26N4O3. The summed E-state index contributed by atoms with van der Waals surface area (Å²) >= 11 is 0. The first-order chi connectivity index (χ1) is 11.6. The minimum Gasteiger partial charge on any atom is -0.449 e. The molecular weight excluding hydrogens is 308 g/mol. The minimum absolute atomic E-state index is 0.222. The Labute approximate surface area is 142 Å². The van der Waals surface area contributed by atoms with Crippen LogP contribution in [-0.2, 0) is 4.74 Å². The Hall–Kier alpha value is -1.89. The normalized spacial score (nSPS) is 23.3. The van der Waals surface area contributed by atoms with Crippen LogP contribution < -0.4 is 4.90 Å². The van der Waals surface area contributed by atoms with Gasteiger partial charge in [-0.1, -0.05) is 20.3 Å². The molecule has 2 atom stereocenters. The van der Waals surface area contributed by atoms with Gasteiger partial charge in [-0.25, -0.2) is 14.8 Å². The van der Waals surface area contributed by atoms with Crippen LogP contribution in [0.25, 0.3) is 0 Å². The number of aromatic nitrogens is 2. The molecule has 1 amide bonds. The van der Waals surface area contributed by atoms with Crippen LogP contribution in [0.3, 0.4) is 0 Å². The van der Waals surface area contributed by atoms with Crippen molar-refractivity contribution >= 4 is 11.9 Å². The maximum Gasteiger partial charge on any atom is 0.409 e. The molecule has 1 aliphatic carbocycles. The monoisotopic (exact) mass is 334 g/mol. The van der Waals surface area contributed by atoms with Gasteiger partial charge in [-0.3, -0.25) is 0 Å². The molecule has 0 saturated carbocycles. The topological polar surface area (TPSA) is 78.8 Å². The number of ether oxygens (including phenoxy) is 1. The van der Waals surface area contributed by atoms with Gasteiger partial charge < -0.3 is 19.6 Å². The first-order valence-corrected chi connectivity index (χ1v) is 8.81. The third kappa shape index (κ3) is 3.31. The van der Waals surface area contributed by atoms with E-state index in [2.05, 4.69) is 28.7 Å². The summed E-state index contributed by atoms with van der Waals surface area (Å²) in [6.45, 7) is 7.35. The summed E-state index contributed by atoms with van der Waals surface area (Å²) < 4.78 is 5.28. The van der Waals surface area contributed by atoms with Crippen molar-refractivity contribution in [1.82, 2.24) is 14.9 Å². The average Bonchev–Trinajstić information content (AvgIpc) is 2.90. The summed E-state index contributed by atoms with van der Waals surface area (Å²) in [5.41, 5.74) is 1.82. The second-order valence-corrected chi connectivity index (χ2v) is 6.59. The summed E-state index contributed by atoms with van der Waals surface area (Å²) in [4.78, 5) is 24.7. The predicted molar refractivity (Wildman–Crippen MR) is 90.1 cm³/mol. The zero-order chi connectivity index (χ0) is 17.1. The van der Waals surface area contributed by atoms with E-state index in [0.717, 1.165) is 43.0 Å². The molecule has 2 unspecified atom stereocenters. The lowest BCUT2D eigenvalue weighted by atomic mass is 10.1. The van der Waals surface area contributed by atoms with E-state index >= 15 is 0 Å². The average molecular weight is 334 g/mol. The summed E-state index contributed by atoms with van der Waals surface area (Å²) in [5, 5.41) is 10.1. The minimum atomic E-state index is -0.494. The third-order valence-electron chi connectivity index (χ3n) is 4.84. The number of hydrogen-bond acceptors (Lipinski definition) is 6. The first kappa shape index (κ1) is 17.0. The van der Waals surface area contributed by atoms with Crippen molar-refractivity contribution < 1.29 is 14.6 Å². The van der Waals surface area contributed by atoms with Gasteiger partial charge in [-0.2, -0.15) is 0 Å². The summed E-state index contributed by atoms with van der Waals surface area (Å²) in [7, 11) is 0. The molecule has 2 heterocycles. The number of piperazine rings is 1. The second-order valence-electron chi connectivity index (χ2n) is 6.59. The molecule has 1 aromatic heterocycles. The molecule has 2 aliphatic rings. The number of unbranched alkanes of at least 4 members (excludes halogenated alkanes) is 1. The van der Waals surface area contributed by atoms with Crippen molar-refractivity contribution in [2.45, 2.75) is 45.1 Å². The fraction of sp³-hybridized carbons (Fsp3) is 0.706. The molecule has 1 N–H and O–H groups in total. The molecule has 1 aliphatic heterocycles. The molecule has 1 saturated heterocycles. The maximum atomic E-state index is 12.0. The van der Waals surface area contributed by atoms with Crippen LogP contribution in [0.4, 0.5) is 10.6 Å². The van der Waals surface area contributed by atoms with Gasteiger partial charge in [-0.15, -0.1) is 0 Å². The SMILES string of the molecule is CCCCOC(=O)N1CCN(c2ncnc3c2C(C)CC3O)CC1. The Morgan fingerprint density at radius 2 is 2.08 bits per heavy atom. The zero-order valence-corrected chi connectivity index (χ0v) is 14.4. The van der Waals surface area contributed by atoms with Crippen LogP contribution in [0, 0.1) is 0 Å². The lowest BCUT2D eigenvalue weighted by Gasteiger charge is -2.35. The van der Waals surface area contributed by atoms with Crippen LogP contribution in [-0.4, -0.2) is 58.9 Å². The van der Waals surface area contributed by atoms with E-state index in [1.165, 1.54) is 6.33 Å². The Kier molecular flexibility index (Phi) is 5.18. The quantitative estimate of drug-likeness (QED) is 0.849. The molecule has 132 valence electrons. The molecule has 1 fully saturated rings. The first-order valence-electron chi connectivity index (χ1n) is 8.81. The molecule has 3 rings (SSSR count). The van der Waals surface area contributed by atoms with Gasteiger partial charge in [0.1, 0.15) is 12.1 Å². The molecule has 0 spiro atoms. The Balaban J connectivity index is 1.63. The van der Waals surface area contributed by atoms with Crippen LogP contribution in [0.5, 0.6) is 0 Å². The van der Waals surface area contributed by atoms with E-state index in [0.29, 0.717) is 26.1 Å². The largest absolute Gasteiger partial charge is 0.449 e. The van der Waals surface area contributed by atoms with Crippen LogP contribution in [0.2, 0.25) is 0 Å². The number of fused-ring (bicyclic) bond motifs is 1. The summed E-state index contributed by atoms with van der Waals surface area (Å²) in [6, 6.07) is 0. The second kappa shape index (κ2) is 7.34. The Bertz CT molecular complexity index is 587. The number of amides is 1. The maximum absolute atomic E-state index is 12.0. The molecule has 7 heteroatoms.